The Kier molecular flexibility index (Phi) is 7.32. The summed E-state index contributed by atoms with van der Waals surface area (Å²) >= 11 is 1.75. The van der Waals surface area contributed by atoms with Gasteiger partial charge in [0.25, 0.3) is 0 Å². The summed E-state index contributed by atoms with van der Waals surface area (Å²) in [5, 5.41) is 12.4. The third-order valence-electron chi connectivity index (χ3n) is 2.82. The Labute approximate surface area is 114 Å². The van der Waals surface area contributed by atoms with E-state index in [1.807, 2.05) is 13.1 Å². The van der Waals surface area contributed by atoms with Crippen LogP contribution < -0.4 is 5.32 Å². The van der Waals surface area contributed by atoms with Gasteiger partial charge in [-0.2, -0.15) is 0 Å². The van der Waals surface area contributed by atoms with Crippen molar-refractivity contribution in [2.45, 2.75) is 38.1 Å². The van der Waals surface area contributed by atoms with Crippen LogP contribution in [0.3, 0.4) is 0 Å². The van der Waals surface area contributed by atoms with Gasteiger partial charge in [-0.25, -0.2) is 0 Å². The van der Waals surface area contributed by atoms with Crippen LogP contribution in [0.5, 0.6) is 0 Å². The van der Waals surface area contributed by atoms with Gasteiger partial charge in [0.15, 0.2) is 0 Å². The third-order valence-corrected chi connectivity index (χ3v) is 4.13. The minimum Gasteiger partial charge on any atom is -0.396 e. The van der Waals surface area contributed by atoms with Gasteiger partial charge in [-0.15, -0.1) is 11.8 Å². The Hall–Kier alpha value is -0.580. The highest BCUT2D eigenvalue weighted by Crippen LogP contribution is 2.22. The third kappa shape index (κ3) is 4.96. The molecule has 1 aromatic rings. The highest BCUT2D eigenvalue weighted by molar-refractivity contribution is 7.99. The van der Waals surface area contributed by atoms with E-state index in [1.165, 1.54) is 4.90 Å². The van der Waals surface area contributed by atoms with Crippen LogP contribution >= 0.6 is 11.8 Å². The second-order valence-corrected chi connectivity index (χ2v) is 5.63. The molecule has 0 bridgehead atoms. The van der Waals surface area contributed by atoms with E-state index < -0.39 is 0 Å². The van der Waals surface area contributed by atoms with Crippen LogP contribution in [0.2, 0.25) is 0 Å². The van der Waals surface area contributed by atoms with Crippen LogP contribution in [0.1, 0.15) is 38.9 Å². The molecule has 1 aromatic heterocycles. The normalized spacial score (nSPS) is 14.4. The number of aliphatic hydroxyl groups excluding tert-OH is 1. The molecule has 4 heteroatoms. The molecule has 0 radical (unpaired) electrons. The molecule has 2 N–H and O–H groups in total. The Morgan fingerprint density at radius 3 is 2.67 bits per heavy atom. The molecule has 1 rings (SSSR count). The zero-order valence-electron chi connectivity index (χ0n) is 11.5. The van der Waals surface area contributed by atoms with Crippen molar-refractivity contribution in [3.05, 3.63) is 24.0 Å². The zero-order chi connectivity index (χ0) is 13.4. The van der Waals surface area contributed by atoms with Crippen LogP contribution in [0.4, 0.5) is 0 Å². The van der Waals surface area contributed by atoms with Gasteiger partial charge in [-0.1, -0.05) is 20.8 Å². The summed E-state index contributed by atoms with van der Waals surface area (Å²) in [6, 6.07) is 4.57. The van der Waals surface area contributed by atoms with E-state index in [9.17, 15) is 0 Å². The lowest BCUT2D eigenvalue weighted by atomic mass is 10.1. The molecular formula is C14H24N2OS. The Balaban J connectivity index is 2.56. The van der Waals surface area contributed by atoms with E-state index in [-0.39, 0.29) is 6.61 Å². The molecule has 0 saturated heterocycles. The van der Waals surface area contributed by atoms with E-state index in [0.29, 0.717) is 12.0 Å². The molecule has 3 nitrogen and oxygen atoms in total. The predicted molar refractivity (Wildman–Crippen MR) is 77.9 cm³/mol. The lowest BCUT2D eigenvalue weighted by Gasteiger charge is -2.15. The number of aliphatic hydroxyl groups is 1. The number of hydrogen-bond acceptors (Lipinski definition) is 4. The summed E-state index contributed by atoms with van der Waals surface area (Å²) in [6.45, 7) is 7.54. The molecule has 0 aromatic carbocycles. The van der Waals surface area contributed by atoms with Crippen molar-refractivity contribution >= 4 is 11.8 Å². The van der Waals surface area contributed by atoms with Crippen molar-refractivity contribution in [2.75, 3.05) is 18.9 Å². The quantitative estimate of drug-likeness (QED) is 0.712. The number of hydrogen-bond donors (Lipinski definition) is 2. The number of thioether (sulfide) groups is 1. The molecule has 0 aliphatic heterocycles. The maximum absolute atomic E-state index is 8.98. The minimum absolute atomic E-state index is 0.247. The van der Waals surface area contributed by atoms with E-state index in [0.717, 1.165) is 24.4 Å². The van der Waals surface area contributed by atoms with Gasteiger partial charge < -0.3 is 10.4 Å². The topological polar surface area (TPSA) is 45.1 Å². The summed E-state index contributed by atoms with van der Waals surface area (Å²) in [5.41, 5.74) is 1.11. The summed E-state index contributed by atoms with van der Waals surface area (Å²) in [4.78, 5) is 5.70. The van der Waals surface area contributed by atoms with Gasteiger partial charge in [0, 0.05) is 29.5 Å². The second kappa shape index (κ2) is 8.51. The first kappa shape index (κ1) is 15.5. The van der Waals surface area contributed by atoms with Crippen molar-refractivity contribution in [3.63, 3.8) is 0 Å². The average Bonchev–Trinajstić information content (AvgIpc) is 2.42. The average molecular weight is 268 g/mol. The lowest BCUT2D eigenvalue weighted by molar-refractivity contribution is 0.250. The van der Waals surface area contributed by atoms with Crippen LogP contribution in [-0.4, -0.2) is 29.0 Å². The molecule has 102 valence electrons. The molecule has 1 heterocycles. The first-order chi connectivity index (χ1) is 8.71. The fraction of sp³-hybridized carbons (Fsp3) is 0.643. The van der Waals surface area contributed by atoms with Crippen molar-refractivity contribution < 1.29 is 5.11 Å². The molecule has 0 amide bonds. The molecule has 0 saturated carbocycles. The molecule has 18 heavy (non-hydrogen) atoms. The summed E-state index contributed by atoms with van der Waals surface area (Å²) in [7, 11) is 0. The standard InChI is InChI=1S/C14H24N2OS/c1-4-13(15-5-2)14-7-6-12(8-16-14)18-10-11(3)9-17/h6-8,11,13,15,17H,4-5,9-10H2,1-3H3. The Morgan fingerprint density at radius 1 is 1.39 bits per heavy atom. The monoisotopic (exact) mass is 268 g/mol. The van der Waals surface area contributed by atoms with Crippen LogP contribution in [-0.2, 0) is 0 Å². The highest BCUT2D eigenvalue weighted by Gasteiger charge is 2.09. The minimum atomic E-state index is 0.247. The van der Waals surface area contributed by atoms with Gasteiger partial charge in [-0.3, -0.25) is 4.98 Å². The molecule has 0 aliphatic rings. The molecule has 0 aliphatic carbocycles. The SMILES string of the molecule is CCNC(CC)c1ccc(SCC(C)CO)cn1. The molecule has 0 spiro atoms. The number of pyridine rings is 1. The Bertz CT molecular complexity index is 329. The highest BCUT2D eigenvalue weighted by atomic mass is 32.2. The van der Waals surface area contributed by atoms with E-state index in [1.54, 1.807) is 11.8 Å². The van der Waals surface area contributed by atoms with E-state index in [2.05, 4.69) is 36.3 Å². The van der Waals surface area contributed by atoms with Crippen molar-refractivity contribution in [2.24, 2.45) is 5.92 Å². The second-order valence-electron chi connectivity index (χ2n) is 4.54. The zero-order valence-corrected chi connectivity index (χ0v) is 12.3. The molecule has 0 fully saturated rings. The largest absolute Gasteiger partial charge is 0.396 e. The maximum Gasteiger partial charge on any atom is 0.0573 e. The summed E-state index contributed by atoms with van der Waals surface area (Å²) < 4.78 is 0. The van der Waals surface area contributed by atoms with Gasteiger partial charge in [0.05, 0.1) is 5.69 Å². The molecular weight excluding hydrogens is 244 g/mol. The van der Waals surface area contributed by atoms with E-state index >= 15 is 0 Å². The van der Waals surface area contributed by atoms with Crippen molar-refractivity contribution in [1.82, 2.24) is 10.3 Å². The van der Waals surface area contributed by atoms with Crippen LogP contribution in [0, 0.1) is 5.92 Å². The maximum atomic E-state index is 8.98. The van der Waals surface area contributed by atoms with Gasteiger partial charge >= 0.3 is 0 Å². The summed E-state index contributed by atoms with van der Waals surface area (Å²) in [6.07, 6.45) is 2.99. The lowest BCUT2D eigenvalue weighted by Crippen LogP contribution is -2.20. The molecule has 2 unspecified atom stereocenters. The van der Waals surface area contributed by atoms with Gasteiger partial charge in [0.1, 0.15) is 0 Å². The number of nitrogens with one attached hydrogen (secondary N) is 1. The van der Waals surface area contributed by atoms with Gasteiger partial charge in [0.2, 0.25) is 0 Å². The van der Waals surface area contributed by atoms with Crippen molar-refractivity contribution in [3.8, 4) is 0 Å². The number of rotatable bonds is 8. The summed E-state index contributed by atoms with van der Waals surface area (Å²) in [5.74, 6) is 1.27. The van der Waals surface area contributed by atoms with Gasteiger partial charge in [-0.05, 0) is 31.0 Å². The first-order valence-corrected chi connectivity index (χ1v) is 7.62. The fourth-order valence-electron chi connectivity index (χ4n) is 1.68. The Morgan fingerprint density at radius 2 is 2.17 bits per heavy atom. The van der Waals surface area contributed by atoms with Crippen LogP contribution in [0.15, 0.2) is 23.2 Å². The van der Waals surface area contributed by atoms with E-state index in [4.69, 9.17) is 5.11 Å². The van der Waals surface area contributed by atoms with Crippen molar-refractivity contribution in [1.29, 1.82) is 0 Å². The smallest absolute Gasteiger partial charge is 0.0573 e. The number of aromatic nitrogens is 1. The fourth-order valence-corrected chi connectivity index (χ4v) is 2.55. The molecule has 2 atom stereocenters. The first-order valence-electron chi connectivity index (χ1n) is 6.64. The predicted octanol–water partition coefficient (Wildman–Crippen LogP) is 2.86. The van der Waals surface area contributed by atoms with Crippen LogP contribution in [0.25, 0.3) is 0 Å². The number of nitrogens with zero attached hydrogens (tertiary/aromatic N) is 1.